The van der Waals surface area contributed by atoms with Crippen LogP contribution in [0.15, 0.2) is 72.8 Å². The Bertz CT molecular complexity index is 1160. The quantitative estimate of drug-likeness (QED) is 0.457. The molecule has 130 valence electrons. The molecule has 1 heterocycles. The van der Waals surface area contributed by atoms with Crippen LogP contribution in [0.2, 0.25) is 5.02 Å². The molecule has 3 aromatic carbocycles. The smallest absolute Gasteiger partial charge is 0.134 e. The molecule has 0 spiro atoms. The molecule has 3 nitrogen and oxygen atoms in total. The maximum atomic E-state index is 8.92. The maximum Gasteiger partial charge on any atom is 0.134 e. The van der Waals surface area contributed by atoms with Crippen LogP contribution >= 0.6 is 11.6 Å². The van der Waals surface area contributed by atoms with Crippen molar-refractivity contribution >= 4 is 34.8 Å². The van der Waals surface area contributed by atoms with Crippen molar-refractivity contribution in [1.82, 2.24) is 9.55 Å². The number of hydrogen-bond donors (Lipinski definition) is 0. The SMILES string of the molecule is N#Cc1ccc(C=Cc2nc3ccccc3n2Cc2ccccc2Cl)cc1. The zero-order valence-electron chi connectivity index (χ0n) is 14.5. The lowest BCUT2D eigenvalue weighted by atomic mass is 10.1. The highest BCUT2D eigenvalue weighted by Crippen LogP contribution is 2.23. The molecule has 0 unspecified atom stereocenters. The van der Waals surface area contributed by atoms with Gasteiger partial charge >= 0.3 is 0 Å². The molecule has 0 aliphatic carbocycles. The standard InChI is InChI=1S/C23H16ClN3/c24-20-6-2-1-5-19(20)16-27-22-8-4-3-7-21(22)26-23(27)14-13-17-9-11-18(15-25)12-10-17/h1-14H,16H2. The summed E-state index contributed by atoms with van der Waals surface area (Å²) >= 11 is 6.37. The minimum Gasteiger partial charge on any atom is -0.320 e. The van der Waals surface area contributed by atoms with Crippen LogP contribution in [0.5, 0.6) is 0 Å². The Morgan fingerprint density at radius 3 is 2.44 bits per heavy atom. The van der Waals surface area contributed by atoms with Crippen LogP contribution in [0.4, 0.5) is 0 Å². The van der Waals surface area contributed by atoms with Gasteiger partial charge < -0.3 is 4.57 Å². The number of aromatic nitrogens is 2. The third-order valence-corrected chi connectivity index (χ3v) is 4.80. The lowest BCUT2D eigenvalue weighted by Crippen LogP contribution is -2.02. The Labute approximate surface area is 162 Å². The van der Waals surface area contributed by atoms with E-state index in [4.69, 9.17) is 21.8 Å². The van der Waals surface area contributed by atoms with Gasteiger partial charge in [0.05, 0.1) is 29.2 Å². The molecule has 1 aromatic heterocycles. The monoisotopic (exact) mass is 369 g/mol. The number of fused-ring (bicyclic) bond motifs is 1. The number of rotatable bonds is 4. The van der Waals surface area contributed by atoms with Crippen molar-refractivity contribution in [2.45, 2.75) is 6.54 Å². The van der Waals surface area contributed by atoms with Crippen molar-refractivity contribution < 1.29 is 0 Å². The third-order valence-electron chi connectivity index (χ3n) is 4.44. The van der Waals surface area contributed by atoms with Gasteiger partial charge in [-0.25, -0.2) is 4.98 Å². The van der Waals surface area contributed by atoms with E-state index in [0.29, 0.717) is 12.1 Å². The predicted molar refractivity (Wildman–Crippen MR) is 110 cm³/mol. The highest BCUT2D eigenvalue weighted by Gasteiger charge is 2.10. The Kier molecular flexibility index (Phi) is 4.74. The fourth-order valence-electron chi connectivity index (χ4n) is 3.02. The minimum absolute atomic E-state index is 0.646. The summed E-state index contributed by atoms with van der Waals surface area (Å²) in [7, 11) is 0. The van der Waals surface area contributed by atoms with Gasteiger partial charge in [-0.15, -0.1) is 0 Å². The van der Waals surface area contributed by atoms with Crippen molar-refractivity contribution in [2.24, 2.45) is 0 Å². The van der Waals surface area contributed by atoms with Crippen LogP contribution in [0.25, 0.3) is 23.2 Å². The van der Waals surface area contributed by atoms with Gasteiger partial charge in [-0.2, -0.15) is 5.26 Å². The van der Waals surface area contributed by atoms with Gasteiger partial charge in [0.15, 0.2) is 0 Å². The highest BCUT2D eigenvalue weighted by molar-refractivity contribution is 6.31. The first-order chi connectivity index (χ1) is 13.2. The average Bonchev–Trinajstić information content (AvgIpc) is 3.06. The van der Waals surface area contributed by atoms with Gasteiger partial charge in [-0.3, -0.25) is 0 Å². The summed E-state index contributed by atoms with van der Waals surface area (Å²) in [6.07, 6.45) is 4.00. The van der Waals surface area contributed by atoms with Gasteiger partial charge in [0.25, 0.3) is 0 Å². The summed E-state index contributed by atoms with van der Waals surface area (Å²) < 4.78 is 2.16. The average molecular weight is 370 g/mol. The predicted octanol–water partition coefficient (Wildman–Crippen LogP) is 5.78. The van der Waals surface area contributed by atoms with Crippen molar-refractivity contribution in [3.63, 3.8) is 0 Å². The maximum absolute atomic E-state index is 8.92. The summed E-state index contributed by atoms with van der Waals surface area (Å²) in [5.74, 6) is 0.862. The second-order valence-electron chi connectivity index (χ2n) is 6.20. The number of hydrogen-bond acceptors (Lipinski definition) is 2. The second kappa shape index (κ2) is 7.49. The number of imidazole rings is 1. The van der Waals surface area contributed by atoms with Crippen LogP contribution in [-0.2, 0) is 6.54 Å². The Morgan fingerprint density at radius 1 is 0.926 bits per heavy atom. The van der Waals surface area contributed by atoms with E-state index in [1.54, 1.807) is 0 Å². The molecule has 0 saturated carbocycles. The van der Waals surface area contributed by atoms with E-state index in [2.05, 4.69) is 16.7 Å². The zero-order chi connectivity index (χ0) is 18.6. The van der Waals surface area contributed by atoms with Gasteiger partial charge in [-0.05, 0) is 47.5 Å². The van der Waals surface area contributed by atoms with E-state index in [-0.39, 0.29) is 0 Å². The molecule has 4 rings (SSSR count). The van der Waals surface area contributed by atoms with Crippen LogP contribution in [0.3, 0.4) is 0 Å². The highest BCUT2D eigenvalue weighted by atomic mass is 35.5. The summed E-state index contributed by atoms with van der Waals surface area (Å²) in [5, 5.41) is 9.67. The molecule has 0 radical (unpaired) electrons. The number of nitriles is 1. The molecule has 27 heavy (non-hydrogen) atoms. The van der Waals surface area contributed by atoms with E-state index >= 15 is 0 Å². The topological polar surface area (TPSA) is 41.6 Å². The van der Waals surface area contributed by atoms with Crippen molar-refractivity contribution in [3.05, 3.63) is 100 Å². The van der Waals surface area contributed by atoms with E-state index in [0.717, 1.165) is 33.0 Å². The van der Waals surface area contributed by atoms with Gasteiger partial charge in [0.2, 0.25) is 0 Å². The molecular weight excluding hydrogens is 354 g/mol. The van der Waals surface area contributed by atoms with E-state index in [1.165, 1.54) is 0 Å². The van der Waals surface area contributed by atoms with Crippen molar-refractivity contribution in [2.75, 3.05) is 0 Å². The van der Waals surface area contributed by atoms with Crippen LogP contribution in [0, 0.1) is 11.3 Å². The first kappa shape index (κ1) is 17.1. The summed E-state index contributed by atoms with van der Waals surface area (Å²) in [4.78, 5) is 4.77. The largest absolute Gasteiger partial charge is 0.320 e. The zero-order valence-corrected chi connectivity index (χ0v) is 15.3. The fraction of sp³-hybridized carbons (Fsp3) is 0.0435. The third kappa shape index (κ3) is 3.62. The minimum atomic E-state index is 0.646. The lowest BCUT2D eigenvalue weighted by molar-refractivity contribution is 0.814. The molecule has 0 atom stereocenters. The number of para-hydroxylation sites is 2. The summed E-state index contributed by atoms with van der Waals surface area (Å²) in [6.45, 7) is 0.646. The molecule has 0 bridgehead atoms. The second-order valence-corrected chi connectivity index (χ2v) is 6.61. The molecule has 0 saturated heterocycles. The normalized spacial score (nSPS) is 11.1. The number of nitrogens with zero attached hydrogens (tertiary/aromatic N) is 3. The number of halogens is 1. The first-order valence-electron chi connectivity index (χ1n) is 8.61. The van der Waals surface area contributed by atoms with Crippen LogP contribution in [0.1, 0.15) is 22.5 Å². The first-order valence-corrected chi connectivity index (χ1v) is 8.99. The summed E-state index contributed by atoms with van der Waals surface area (Å²) in [6, 6.07) is 25.6. The van der Waals surface area contributed by atoms with E-state index in [9.17, 15) is 0 Å². The molecule has 0 aliphatic heterocycles. The van der Waals surface area contributed by atoms with Gasteiger partial charge in [0, 0.05) is 5.02 Å². The lowest BCUT2D eigenvalue weighted by Gasteiger charge is -2.09. The molecule has 4 heteroatoms. The fourth-order valence-corrected chi connectivity index (χ4v) is 3.22. The van der Waals surface area contributed by atoms with E-state index in [1.807, 2.05) is 78.9 Å². The van der Waals surface area contributed by atoms with Crippen LogP contribution in [-0.4, -0.2) is 9.55 Å². The molecule has 0 amide bonds. The van der Waals surface area contributed by atoms with Crippen LogP contribution < -0.4 is 0 Å². The molecular formula is C23H16ClN3. The van der Waals surface area contributed by atoms with Crippen molar-refractivity contribution in [3.8, 4) is 6.07 Å². The van der Waals surface area contributed by atoms with E-state index < -0.39 is 0 Å². The van der Waals surface area contributed by atoms with Gasteiger partial charge in [0.1, 0.15) is 5.82 Å². The Morgan fingerprint density at radius 2 is 1.67 bits per heavy atom. The van der Waals surface area contributed by atoms with Crippen molar-refractivity contribution in [1.29, 1.82) is 5.26 Å². The summed E-state index contributed by atoms with van der Waals surface area (Å²) in [5.41, 5.74) is 4.74. The van der Waals surface area contributed by atoms with Gasteiger partial charge in [-0.1, -0.05) is 60.1 Å². The number of benzene rings is 3. The molecule has 0 N–H and O–H groups in total. The Balaban J connectivity index is 1.74. The molecule has 0 aliphatic rings. The molecule has 4 aromatic rings. The molecule has 0 fully saturated rings. The Hall–Kier alpha value is -3.35.